The predicted molar refractivity (Wildman–Crippen MR) is 148 cm³/mol. The molecule has 3 aromatic carbocycles. The van der Waals surface area contributed by atoms with E-state index in [1.54, 1.807) is 18.2 Å². The zero-order chi connectivity index (χ0) is 27.9. The maximum Gasteiger partial charge on any atom is 0.411 e. The molecule has 4 rings (SSSR count). The molecule has 3 N–H and O–H groups in total. The smallest absolute Gasteiger partial charge is 0.411 e. The van der Waals surface area contributed by atoms with E-state index in [0.29, 0.717) is 20.5 Å². The summed E-state index contributed by atoms with van der Waals surface area (Å²) in [6, 6.07) is 12.5. The van der Waals surface area contributed by atoms with Crippen LogP contribution in [0.25, 0.3) is 0 Å². The van der Waals surface area contributed by atoms with Crippen LogP contribution in [-0.2, 0) is 4.79 Å². The van der Waals surface area contributed by atoms with Crippen LogP contribution in [-0.4, -0.2) is 34.4 Å². The third kappa shape index (κ3) is 5.80. The third-order valence-electron chi connectivity index (χ3n) is 5.91. The Morgan fingerprint density at radius 2 is 1.53 bits per heavy atom. The van der Waals surface area contributed by atoms with Crippen LogP contribution < -0.4 is 15.5 Å². The number of nitrogens with zero attached hydrogens (tertiary/aromatic N) is 1. The Morgan fingerprint density at radius 1 is 0.921 bits per heavy atom. The summed E-state index contributed by atoms with van der Waals surface area (Å²) in [5.74, 6) is -3.34. The first kappa shape index (κ1) is 28.3. The van der Waals surface area contributed by atoms with Gasteiger partial charge >= 0.3 is 6.09 Å². The Balaban J connectivity index is 1.51. The second-order valence-electron chi connectivity index (χ2n) is 8.48. The number of carbonyl (C=O) groups is 3. The molecule has 0 spiro atoms. The first-order chi connectivity index (χ1) is 17.8. The maximum absolute atomic E-state index is 14.1. The molecule has 13 heteroatoms. The van der Waals surface area contributed by atoms with Crippen LogP contribution in [0.5, 0.6) is 0 Å². The Labute approximate surface area is 241 Å². The molecule has 0 aliphatic heterocycles. The molecule has 1 aliphatic carbocycles. The van der Waals surface area contributed by atoms with Crippen molar-refractivity contribution in [2.45, 2.75) is 10.3 Å². The van der Waals surface area contributed by atoms with Gasteiger partial charge in [0.1, 0.15) is 10.2 Å². The van der Waals surface area contributed by atoms with Crippen LogP contribution in [0.15, 0.2) is 54.6 Å². The van der Waals surface area contributed by atoms with Gasteiger partial charge in [-0.3, -0.25) is 14.5 Å². The summed E-state index contributed by atoms with van der Waals surface area (Å²) in [7, 11) is 1.16. The maximum atomic E-state index is 14.1. The number of halogens is 6. The number of benzene rings is 3. The van der Waals surface area contributed by atoms with Gasteiger partial charge in [-0.25, -0.2) is 9.18 Å². The molecule has 3 amide bonds. The normalized spacial score (nSPS) is 17.4. The van der Waals surface area contributed by atoms with Crippen molar-refractivity contribution in [3.05, 3.63) is 86.6 Å². The summed E-state index contributed by atoms with van der Waals surface area (Å²) >= 11 is 31.2. The van der Waals surface area contributed by atoms with Gasteiger partial charge in [-0.2, -0.15) is 0 Å². The Morgan fingerprint density at radius 3 is 2.16 bits per heavy atom. The molecule has 1 saturated carbocycles. The van der Waals surface area contributed by atoms with E-state index in [1.165, 1.54) is 24.3 Å². The summed E-state index contributed by atoms with van der Waals surface area (Å²) < 4.78 is 12.7. The number of rotatable bonds is 6. The predicted octanol–water partition coefficient (Wildman–Crippen LogP) is 7.68. The summed E-state index contributed by atoms with van der Waals surface area (Å²) in [5.41, 5.74) is 0.719. The lowest BCUT2D eigenvalue weighted by atomic mass is 10.1. The van der Waals surface area contributed by atoms with Crippen molar-refractivity contribution in [1.29, 1.82) is 0 Å². The highest BCUT2D eigenvalue weighted by molar-refractivity contribution is 6.53. The van der Waals surface area contributed by atoms with E-state index in [4.69, 9.17) is 63.1 Å². The van der Waals surface area contributed by atoms with Crippen molar-refractivity contribution in [3.8, 4) is 0 Å². The average Bonchev–Trinajstić information content (AvgIpc) is 3.42. The van der Waals surface area contributed by atoms with Crippen molar-refractivity contribution >= 4 is 93.0 Å². The number of nitrogens with one attached hydrogen (secondary N) is 2. The van der Waals surface area contributed by atoms with Gasteiger partial charge in [0.15, 0.2) is 0 Å². The second kappa shape index (κ2) is 10.8. The van der Waals surface area contributed by atoms with E-state index >= 15 is 0 Å². The molecule has 0 bridgehead atoms. The van der Waals surface area contributed by atoms with Gasteiger partial charge in [-0.1, -0.05) is 34.8 Å². The monoisotopic (exact) mass is 617 g/mol. The lowest BCUT2D eigenvalue weighted by molar-refractivity contribution is -0.117. The molecule has 1 aliphatic rings. The Hall–Kier alpha value is -2.75. The lowest BCUT2D eigenvalue weighted by Gasteiger charge is -2.16. The van der Waals surface area contributed by atoms with Gasteiger partial charge in [0.05, 0.1) is 22.2 Å². The van der Waals surface area contributed by atoms with Crippen molar-refractivity contribution in [2.24, 2.45) is 5.92 Å². The summed E-state index contributed by atoms with van der Waals surface area (Å²) in [6.45, 7) is 0. The second-order valence-corrected chi connectivity index (χ2v) is 11.2. The SMILES string of the molecule is CN(C(=O)O)c1cc(NC(=O)c2cc(NC(=O)[C@@H]3[C@@H](c4cc(Cl)cc(Cl)c4)C3(Cl)Cl)ccc2Cl)ccc1F. The van der Waals surface area contributed by atoms with E-state index in [2.05, 4.69) is 10.6 Å². The van der Waals surface area contributed by atoms with Crippen LogP contribution in [0.4, 0.5) is 26.2 Å². The van der Waals surface area contributed by atoms with E-state index < -0.39 is 39.9 Å². The van der Waals surface area contributed by atoms with Crippen molar-refractivity contribution < 1.29 is 23.9 Å². The first-order valence-corrected chi connectivity index (χ1v) is 12.7. The highest BCUT2D eigenvalue weighted by Gasteiger charge is 2.67. The number of hydrogen-bond acceptors (Lipinski definition) is 3. The number of hydrogen-bond donors (Lipinski definition) is 3. The van der Waals surface area contributed by atoms with Gasteiger partial charge in [0.2, 0.25) is 5.91 Å². The van der Waals surface area contributed by atoms with Gasteiger partial charge < -0.3 is 15.7 Å². The van der Waals surface area contributed by atoms with E-state index in [1.807, 2.05) is 0 Å². The minimum absolute atomic E-state index is 0.00101. The van der Waals surface area contributed by atoms with E-state index in [-0.39, 0.29) is 27.6 Å². The molecule has 0 unspecified atom stereocenters. The standard InChI is InChI=1S/C25H17Cl5FN3O4/c1-34(24(37)38)19-10-15(3-5-18(19)31)32-22(35)16-9-14(2-4-17(16)28)33-23(36)21-20(25(21,29)30)11-6-12(26)8-13(27)7-11/h2-10,20-21H,1H3,(H,32,35)(H,33,36)(H,37,38)/t20-,21+/m1/s1. The first-order valence-electron chi connectivity index (χ1n) is 10.8. The average molecular weight is 620 g/mol. The fourth-order valence-corrected chi connectivity index (χ4v) is 5.54. The summed E-state index contributed by atoms with van der Waals surface area (Å²) in [6.07, 6.45) is -1.38. The van der Waals surface area contributed by atoms with Crippen LogP contribution >= 0.6 is 58.0 Å². The quantitative estimate of drug-likeness (QED) is 0.247. The fraction of sp³-hybridized carbons (Fsp3) is 0.160. The Kier molecular flexibility index (Phi) is 8.02. The van der Waals surface area contributed by atoms with Crippen LogP contribution in [0.1, 0.15) is 21.8 Å². The number of amides is 3. The van der Waals surface area contributed by atoms with Crippen LogP contribution in [0.2, 0.25) is 15.1 Å². The van der Waals surface area contributed by atoms with E-state index in [9.17, 15) is 18.8 Å². The zero-order valence-corrected chi connectivity index (χ0v) is 23.0. The van der Waals surface area contributed by atoms with Gasteiger partial charge in [0, 0.05) is 34.4 Å². The topological polar surface area (TPSA) is 98.7 Å². The van der Waals surface area contributed by atoms with Gasteiger partial charge in [0.25, 0.3) is 5.91 Å². The van der Waals surface area contributed by atoms with Crippen LogP contribution in [0.3, 0.4) is 0 Å². The Bertz CT molecular complexity index is 1450. The van der Waals surface area contributed by atoms with Gasteiger partial charge in [-0.15, -0.1) is 23.2 Å². The molecular weight excluding hydrogens is 603 g/mol. The third-order valence-corrected chi connectivity index (χ3v) is 7.62. The highest BCUT2D eigenvalue weighted by Crippen LogP contribution is 2.65. The largest absolute Gasteiger partial charge is 0.465 e. The van der Waals surface area contributed by atoms with E-state index in [0.717, 1.165) is 19.2 Å². The summed E-state index contributed by atoms with van der Waals surface area (Å²) in [4.78, 5) is 37.8. The highest BCUT2D eigenvalue weighted by atomic mass is 35.5. The van der Waals surface area contributed by atoms with Crippen LogP contribution in [0, 0.1) is 11.7 Å². The molecular formula is C25H17Cl5FN3O4. The zero-order valence-electron chi connectivity index (χ0n) is 19.2. The molecule has 0 radical (unpaired) electrons. The molecule has 1 fully saturated rings. The molecule has 2 atom stereocenters. The molecule has 0 aromatic heterocycles. The lowest BCUT2D eigenvalue weighted by Crippen LogP contribution is -2.25. The van der Waals surface area contributed by atoms with Crippen molar-refractivity contribution in [1.82, 2.24) is 0 Å². The molecule has 3 aromatic rings. The molecule has 7 nitrogen and oxygen atoms in total. The molecule has 0 heterocycles. The number of carboxylic acid groups (broad SMARTS) is 1. The van der Waals surface area contributed by atoms with Crippen molar-refractivity contribution in [2.75, 3.05) is 22.6 Å². The fourth-order valence-electron chi connectivity index (χ4n) is 3.97. The molecule has 38 heavy (non-hydrogen) atoms. The van der Waals surface area contributed by atoms with Crippen molar-refractivity contribution in [3.63, 3.8) is 0 Å². The molecule has 198 valence electrons. The number of carbonyl (C=O) groups excluding carboxylic acids is 2. The summed E-state index contributed by atoms with van der Waals surface area (Å²) in [5, 5.41) is 15.2. The number of anilines is 3. The minimum atomic E-state index is -1.39. The minimum Gasteiger partial charge on any atom is -0.465 e. The van der Waals surface area contributed by atoms with Gasteiger partial charge in [-0.05, 0) is 60.2 Å². The molecule has 0 saturated heterocycles. The number of alkyl halides is 2.